The topological polar surface area (TPSA) is 82.1 Å². The zero-order valence-electron chi connectivity index (χ0n) is 15.1. The fourth-order valence-corrected chi connectivity index (χ4v) is 3.15. The standard InChI is InChI=1S/C20H18BrNO6/c1-26-16-5-2-3-6-17(16)28-12-18(23)27-10-4-9-22-19(24)14-8-7-13(21)11-15(14)20(22)25/h2-3,5-8,11H,4,9-10,12H2,1H3. The van der Waals surface area contributed by atoms with Gasteiger partial charge < -0.3 is 14.2 Å². The predicted octanol–water partition coefficient (Wildman–Crippen LogP) is 3.07. The van der Waals surface area contributed by atoms with Crippen molar-refractivity contribution >= 4 is 33.7 Å². The van der Waals surface area contributed by atoms with E-state index in [1.165, 1.54) is 7.11 Å². The fraction of sp³-hybridized carbons (Fsp3) is 0.250. The first-order valence-electron chi connectivity index (χ1n) is 8.58. The van der Waals surface area contributed by atoms with Crippen LogP contribution in [0.5, 0.6) is 11.5 Å². The van der Waals surface area contributed by atoms with E-state index in [1.807, 2.05) is 0 Å². The molecule has 8 heteroatoms. The smallest absolute Gasteiger partial charge is 0.344 e. The highest BCUT2D eigenvalue weighted by Gasteiger charge is 2.35. The molecule has 0 fully saturated rings. The Morgan fingerprint density at radius 3 is 2.50 bits per heavy atom. The molecule has 146 valence electrons. The van der Waals surface area contributed by atoms with Gasteiger partial charge in [0.15, 0.2) is 18.1 Å². The number of nitrogens with zero attached hydrogens (tertiary/aromatic N) is 1. The normalized spacial score (nSPS) is 12.7. The van der Waals surface area contributed by atoms with Crippen molar-refractivity contribution in [2.24, 2.45) is 0 Å². The van der Waals surface area contributed by atoms with Gasteiger partial charge in [-0.15, -0.1) is 0 Å². The van der Waals surface area contributed by atoms with Crippen molar-refractivity contribution in [1.29, 1.82) is 0 Å². The van der Waals surface area contributed by atoms with Gasteiger partial charge in [0.1, 0.15) is 0 Å². The number of para-hydroxylation sites is 2. The van der Waals surface area contributed by atoms with Crippen molar-refractivity contribution in [3.05, 3.63) is 58.1 Å². The van der Waals surface area contributed by atoms with Crippen LogP contribution < -0.4 is 9.47 Å². The summed E-state index contributed by atoms with van der Waals surface area (Å²) in [6.45, 7) is -0.0166. The van der Waals surface area contributed by atoms with E-state index in [1.54, 1.807) is 42.5 Å². The summed E-state index contributed by atoms with van der Waals surface area (Å²) in [6, 6.07) is 11.9. The molecule has 0 bridgehead atoms. The highest BCUT2D eigenvalue weighted by molar-refractivity contribution is 9.10. The van der Waals surface area contributed by atoms with E-state index in [-0.39, 0.29) is 31.6 Å². The van der Waals surface area contributed by atoms with Crippen molar-refractivity contribution in [3.8, 4) is 11.5 Å². The Morgan fingerprint density at radius 1 is 1.04 bits per heavy atom. The summed E-state index contributed by atoms with van der Waals surface area (Å²) in [6.07, 6.45) is 0.340. The Morgan fingerprint density at radius 2 is 1.75 bits per heavy atom. The number of carbonyl (C=O) groups is 3. The first-order chi connectivity index (χ1) is 13.5. The van der Waals surface area contributed by atoms with Gasteiger partial charge in [-0.25, -0.2) is 4.79 Å². The number of hydrogen-bond donors (Lipinski definition) is 0. The van der Waals surface area contributed by atoms with Crippen LogP contribution in [0.3, 0.4) is 0 Å². The highest BCUT2D eigenvalue weighted by Crippen LogP contribution is 2.26. The minimum atomic E-state index is -0.544. The third kappa shape index (κ3) is 4.33. The number of hydrogen-bond acceptors (Lipinski definition) is 6. The lowest BCUT2D eigenvalue weighted by atomic mass is 10.1. The van der Waals surface area contributed by atoms with Crippen LogP contribution >= 0.6 is 15.9 Å². The van der Waals surface area contributed by atoms with Gasteiger partial charge in [0.25, 0.3) is 11.8 Å². The Kier molecular flexibility index (Phi) is 6.30. The molecule has 0 aliphatic carbocycles. The fourth-order valence-electron chi connectivity index (χ4n) is 2.79. The summed E-state index contributed by atoms with van der Waals surface area (Å²) >= 11 is 3.29. The zero-order valence-corrected chi connectivity index (χ0v) is 16.7. The maximum atomic E-state index is 12.4. The Hall–Kier alpha value is -2.87. The van der Waals surface area contributed by atoms with Crippen LogP contribution in [0.1, 0.15) is 27.1 Å². The van der Waals surface area contributed by atoms with Crippen LogP contribution in [0.4, 0.5) is 0 Å². The van der Waals surface area contributed by atoms with Gasteiger partial charge in [0.2, 0.25) is 0 Å². The van der Waals surface area contributed by atoms with Crippen LogP contribution in [-0.2, 0) is 9.53 Å². The molecule has 2 aromatic carbocycles. The summed E-state index contributed by atoms with van der Waals surface area (Å²) in [5, 5.41) is 0. The Balaban J connectivity index is 1.43. The van der Waals surface area contributed by atoms with Crippen molar-refractivity contribution in [1.82, 2.24) is 4.90 Å². The van der Waals surface area contributed by atoms with E-state index in [4.69, 9.17) is 14.2 Å². The molecule has 1 aliphatic heterocycles. The summed E-state index contributed by atoms with van der Waals surface area (Å²) < 4.78 is 16.4. The molecule has 0 radical (unpaired) electrons. The molecule has 7 nitrogen and oxygen atoms in total. The summed E-state index contributed by atoms with van der Waals surface area (Å²) in [5.41, 5.74) is 0.761. The third-order valence-corrected chi connectivity index (χ3v) is 4.63. The van der Waals surface area contributed by atoms with Gasteiger partial charge in [-0.2, -0.15) is 0 Å². The summed E-state index contributed by atoms with van der Waals surface area (Å²) in [7, 11) is 1.51. The molecule has 0 saturated carbocycles. The Bertz CT molecular complexity index is 913. The number of amides is 2. The number of methoxy groups -OCH3 is 1. The first-order valence-corrected chi connectivity index (χ1v) is 9.37. The molecule has 0 aromatic heterocycles. The van der Waals surface area contributed by atoms with Gasteiger partial charge >= 0.3 is 5.97 Å². The number of esters is 1. The third-order valence-electron chi connectivity index (χ3n) is 4.14. The Labute approximate surface area is 170 Å². The number of fused-ring (bicyclic) bond motifs is 1. The first kappa shape index (κ1) is 19.9. The molecule has 1 aliphatic rings. The average molecular weight is 448 g/mol. The largest absolute Gasteiger partial charge is 0.493 e. The van der Waals surface area contributed by atoms with Gasteiger partial charge in [-0.3, -0.25) is 14.5 Å². The molecule has 1 heterocycles. The van der Waals surface area contributed by atoms with Crippen molar-refractivity contribution < 1.29 is 28.6 Å². The number of halogens is 1. The second kappa shape index (κ2) is 8.88. The molecule has 0 atom stereocenters. The molecular formula is C20H18BrNO6. The highest BCUT2D eigenvalue weighted by atomic mass is 79.9. The molecule has 0 unspecified atom stereocenters. The quantitative estimate of drug-likeness (QED) is 0.351. The average Bonchev–Trinajstić information content (AvgIpc) is 2.93. The lowest BCUT2D eigenvalue weighted by Crippen LogP contribution is -2.31. The van der Waals surface area contributed by atoms with Crippen LogP contribution in [-0.4, -0.2) is 49.6 Å². The molecular weight excluding hydrogens is 430 g/mol. The maximum absolute atomic E-state index is 12.4. The number of imide groups is 1. The number of benzene rings is 2. The molecule has 0 N–H and O–H groups in total. The number of rotatable bonds is 8. The van der Waals surface area contributed by atoms with E-state index < -0.39 is 5.97 Å². The molecule has 28 heavy (non-hydrogen) atoms. The molecule has 3 rings (SSSR count). The minimum absolute atomic E-state index is 0.0746. The van der Waals surface area contributed by atoms with Crippen LogP contribution in [0, 0.1) is 0 Å². The van der Waals surface area contributed by atoms with Gasteiger partial charge in [0, 0.05) is 11.0 Å². The second-order valence-corrected chi connectivity index (χ2v) is 6.88. The van der Waals surface area contributed by atoms with Crippen LogP contribution in [0.2, 0.25) is 0 Å². The monoisotopic (exact) mass is 447 g/mol. The minimum Gasteiger partial charge on any atom is -0.493 e. The molecule has 0 spiro atoms. The zero-order chi connectivity index (χ0) is 20.1. The van der Waals surface area contributed by atoms with Crippen LogP contribution in [0.15, 0.2) is 46.9 Å². The van der Waals surface area contributed by atoms with E-state index >= 15 is 0 Å². The lowest BCUT2D eigenvalue weighted by Gasteiger charge is -2.14. The number of ether oxygens (including phenoxy) is 3. The van der Waals surface area contributed by atoms with Gasteiger partial charge in [-0.1, -0.05) is 28.1 Å². The SMILES string of the molecule is COc1ccccc1OCC(=O)OCCCN1C(=O)c2ccc(Br)cc2C1=O. The predicted molar refractivity (Wildman–Crippen MR) is 104 cm³/mol. The molecule has 2 amide bonds. The van der Waals surface area contributed by atoms with Crippen LogP contribution in [0.25, 0.3) is 0 Å². The van der Waals surface area contributed by atoms with Gasteiger partial charge in [0.05, 0.1) is 24.8 Å². The lowest BCUT2D eigenvalue weighted by molar-refractivity contribution is -0.146. The maximum Gasteiger partial charge on any atom is 0.344 e. The van der Waals surface area contributed by atoms with E-state index in [9.17, 15) is 14.4 Å². The number of carbonyl (C=O) groups excluding carboxylic acids is 3. The second-order valence-electron chi connectivity index (χ2n) is 5.97. The summed E-state index contributed by atoms with van der Waals surface area (Å²) in [4.78, 5) is 37.6. The van der Waals surface area contributed by atoms with Crippen molar-refractivity contribution in [2.45, 2.75) is 6.42 Å². The van der Waals surface area contributed by atoms with Crippen molar-refractivity contribution in [2.75, 3.05) is 26.9 Å². The van der Waals surface area contributed by atoms with E-state index in [0.29, 0.717) is 29.0 Å². The van der Waals surface area contributed by atoms with Gasteiger partial charge in [-0.05, 0) is 36.8 Å². The molecule has 0 saturated heterocycles. The molecule has 2 aromatic rings. The summed E-state index contributed by atoms with van der Waals surface area (Å²) in [5.74, 6) is -0.255. The van der Waals surface area contributed by atoms with E-state index in [0.717, 1.165) is 9.37 Å². The van der Waals surface area contributed by atoms with E-state index in [2.05, 4.69) is 15.9 Å². The van der Waals surface area contributed by atoms with Crippen molar-refractivity contribution in [3.63, 3.8) is 0 Å².